The number of amides is 2. The molecule has 2 aromatic rings. The van der Waals surface area contributed by atoms with Gasteiger partial charge in [0, 0.05) is 19.5 Å². The molecule has 2 heterocycles. The van der Waals surface area contributed by atoms with Crippen LogP contribution in [0.1, 0.15) is 35.0 Å². The molecule has 0 bridgehead atoms. The van der Waals surface area contributed by atoms with Gasteiger partial charge in [-0.15, -0.1) is 0 Å². The van der Waals surface area contributed by atoms with E-state index in [1.54, 1.807) is 18.7 Å². The molecule has 1 fully saturated rings. The molecule has 0 aliphatic carbocycles. The standard InChI is InChI=1S/C19H21N3O5/c1-3-26-19(25)16-12(2)21-27-18(16)20-17(24)14-9-15(23)22(11-14)10-13-7-5-4-6-8-13/h4-8,14H,3,9-11H2,1-2H3,(H,20,24). The van der Waals surface area contributed by atoms with Gasteiger partial charge >= 0.3 is 5.97 Å². The second-order valence-corrected chi connectivity index (χ2v) is 6.34. The summed E-state index contributed by atoms with van der Waals surface area (Å²) in [6.07, 6.45) is 0.112. The quantitative estimate of drug-likeness (QED) is 0.781. The molecule has 0 radical (unpaired) electrons. The number of esters is 1. The summed E-state index contributed by atoms with van der Waals surface area (Å²) >= 11 is 0. The molecule has 3 rings (SSSR count). The molecular formula is C19H21N3O5. The van der Waals surface area contributed by atoms with E-state index in [2.05, 4.69) is 10.5 Å². The van der Waals surface area contributed by atoms with Gasteiger partial charge in [-0.05, 0) is 19.4 Å². The molecular weight excluding hydrogens is 350 g/mol. The largest absolute Gasteiger partial charge is 0.462 e. The second-order valence-electron chi connectivity index (χ2n) is 6.34. The highest BCUT2D eigenvalue weighted by atomic mass is 16.5. The number of benzene rings is 1. The van der Waals surface area contributed by atoms with E-state index in [0.29, 0.717) is 18.8 Å². The molecule has 0 saturated carbocycles. The molecule has 1 saturated heterocycles. The first-order valence-electron chi connectivity index (χ1n) is 8.75. The summed E-state index contributed by atoms with van der Waals surface area (Å²) in [5, 5.41) is 6.29. The number of ether oxygens (including phenoxy) is 1. The Bertz CT molecular complexity index is 846. The number of aromatic nitrogens is 1. The SMILES string of the molecule is CCOC(=O)c1c(C)noc1NC(=O)C1CC(=O)N(Cc2ccccc2)C1. The lowest BCUT2D eigenvalue weighted by Gasteiger charge is -2.16. The maximum absolute atomic E-state index is 12.6. The molecule has 1 unspecified atom stereocenters. The summed E-state index contributed by atoms with van der Waals surface area (Å²) in [5.74, 6) is -1.66. The Hall–Kier alpha value is -3.16. The predicted octanol–water partition coefficient (Wildman–Crippen LogP) is 2.15. The predicted molar refractivity (Wildman–Crippen MR) is 95.8 cm³/mol. The molecule has 1 aliphatic rings. The van der Waals surface area contributed by atoms with Gasteiger partial charge in [-0.1, -0.05) is 35.5 Å². The van der Waals surface area contributed by atoms with Crippen LogP contribution in [0, 0.1) is 12.8 Å². The van der Waals surface area contributed by atoms with Crippen LogP contribution in [-0.2, 0) is 20.9 Å². The summed E-state index contributed by atoms with van der Waals surface area (Å²) in [6.45, 7) is 4.24. The van der Waals surface area contributed by atoms with Crippen LogP contribution in [0.2, 0.25) is 0 Å². The van der Waals surface area contributed by atoms with Crippen molar-refractivity contribution in [3.63, 3.8) is 0 Å². The maximum Gasteiger partial charge on any atom is 0.345 e. The first-order chi connectivity index (χ1) is 13.0. The first-order valence-corrected chi connectivity index (χ1v) is 8.75. The van der Waals surface area contributed by atoms with E-state index in [4.69, 9.17) is 9.26 Å². The highest BCUT2D eigenvalue weighted by Crippen LogP contribution is 2.25. The van der Waals surface area contributed by atoms with Gasteiger partial charge in [-0.25, -0.2) is 4.79 Å². The fraction of sp³-hybridized carbons (Fsp3) is 0.368. The van der Waals surface area contributed by atoms with Crippen molar-refractivity contribution in [1.29, 1.82) is 0 Å². The number of nitrogens with one attached hydrogen (secondary N) is 1. The zero-order chi connectivity index (χ0) is 19.4. The Morgan fingerprint density at radius 3 is 2.78 bits per heavy atom. The van der Waals surface area contributed by atoms with Crippen molar-refractivity contribution in [3.8, 4) is 0 Å². The Morgan fingerprint density at radius 1 is 1.33 bits per heavy atom. The molecule has 1 aliphatic heterocycles. The molecule has 2 amide bonds. The fourth-order valence-electron chi connectivity index (χ4n) is 3.02. The Labute approximate surface area is 156 Å². The van der Waals surface area contributed by atoms with E-state index in [1.807, 2.05) is 30.3 Å². The van der Waals surface area contributed by atoms with Gasteiger partial charge in [-0.2, -0.15) is 0 Å². The average Bonchev–Trinajstić information content (AvgIpc) is 3.19. The van der Waals surface area contributed by atoms with Crippen LogP contribution in [0.25, 0.3) is 0 Å². The number of aryl methyl sites for hydroxylation is 1. The normalized spacial score (nSPS) is 16.4. The van der Waals surface area contributed by atoms with Crippen molar-refractivity contribution in [2.75, 3.05) is 18.5 Å². The van der Waals surface area contributed by atoms with E-state index >= 15 is 0 Å². The zero-order valence-corrected chi connectivity index (χ0v) is 15.2. The Balaban J connectivity index is 1.66. The van der Waals surface area contributed by atoms with Crippen LogP contribution < -0.4 is 5.32 Å². The van der Waals surface area contributed by atoms with Crippen LogP contribution in [0.5, 0.6) is 0 Å². The minimum absolute atomic E-state index is 0.0510. The van der Waals surface area contributed by atoms with E-state index in [9.17, 15) is 14.4 Å². The number of likely N-dealkylation sites (tertiary alicyclic amines) is 1. The van der Waals surface area contributed by atoms with Gasteiger partial charge in [-0.3, -0.25) is 14.9 Å². The van der Waals surface area contributed by atoms with Gasteiger partial charge < -0.3 is 14.2 Å². The minimum atomic E-state index is -0.611. The molecule has 142 valence electrons. The molecule has 0 spiro atoms. The van der Waals surface area contributed by atoms with Crippen LogP contribution in [0.4, 0.5) is 5.88 Å². The number of carbonyl (C=O) groups excluding carboxylic acids is 3. The number of rotatable bonds is 6. The van der Waals surface area contributed by atoms with Crippen molar-refractivity contribution in [2.45, 2.75) is 26.8 Å². The highest BCUT2D eigenvalue weighted by molar-refractivity contribution is 6.02. The molecule has 1 atom stereocenters. The summed E-state index contributed by atoms with van der Waals surface area (Å²) in [7, 11) is 0. The van der Waals surface area contributed by atoms with Crippen molar-refractivity contribution in [1.82, 2.24) is 10.1 Å². The summed E-state index contributed by atoms with van der Waals surface area (Å²) < 4.78 is 10.0. The summed E-state index contributed by atoms with van der Waals surface area (Å²) in [6, 6.07) is 9.59. The smallest absolute Gasteiger partial charge is 0.345 e. The molecule has 1 N–H and O–H groups in total. The topological polar surface area (TPSA) is 102 Å². The third-order valence-corrected chi connectivity index (χ3v) is 4.38. The van der Waals surface area contributed by atoms with Crippen LogP contribution in [-0.4, -0.2) is 41.0 Å². The molecule has 1 aromatic heterocycles. The third-order valence-electron chi connectivity index (χ3n) is 4.38. The average molecular weight is 371 g/mol. The van der Waals surface area contributed by atoms with E-state index in [0.717, 1.165) is 5.56 Å². The van der Waals surface area contributed by atoms with Crippen LogP contribution in [0.15, 0.2) is 34.9 Å². The zero-order valence-electron chi connectivity index (χ0n) is 15.2. The monoisotopic (exact) mass is 371 g/mol. The Morgan fingerprint density at radius 2 is 2.07 bits per heavy atom. The lowest BCUT2D eigenvalue weighted by molar-refractivity contribution is -0.128. The van der Waals surface area contributed by atoms with Gasteiger partial charge in [0.1, 0.15) is 5.56 Å². The number of hydrogen-bond acceptors (Lipinski definition) is 6. The molecule has 1 aromatic carbocycles. The van der Waals surface area contributed by atoms with Gasteiger partial charge in [0.2, 0.25) is 17.7 Å². The number of carbonyl (C=O) groups is 3. The van der Waals surface area contributed by atoms with Crippen molar-refractivity contribution >= 4 is 23.7 Å². The third kappa shape index (κ3) is 4.16. The lowest BCUT2D eigenvalue weighted by atomic mass is 10.1. The molecule has 27 heavy (non-hydrogen) atoms. The number of anilines is 1. The van der Waals surface area contributed by atoms with Crippen molar-refractivity contribution < 1.29 is 23.6 Å². The summed E-state index contributed by atoms with van der Waals surface area (Å²) in [5.41, 5.74) is 1.43. The van der Waals surface area contributed by atoms with Crippen LogP contribution in [0.3, 0.4) is 0 Å². The van der Waals surface area contributed by atoms with Crippen LogP contribution >= 0.6 is 0 Å². The fourth-order valence-corrected chi connectivity index (χ4v) is 3.02. The maximum atomic E-state index is 12.6. The number of hydrogen-bond donors (Lipinski definition) is 1. The summed E-state index contributed by atoms with van der Waals surface area (Å²) in [4.78, 5) is 38.5. The second kappa shape index (κ2) is 8.03. The lowest BCUT2D eigenvalue weighted by Crippen LogP contribution is -2.28. The Kier molecular flexibility index (Phi) is 5.54. The highest BCUT2D eigenvalue weighted by Gasteiger charge is 2.35. The van der Waals surface area contributed by atoms with E-state index < -0.39 is 11.9 Å². The van der Waals surface area contributed by atoms with Crippen molar-refractivity contribution in [2.24, 2.45) is 5.92 Å². The van der Waals surface area contributed by atoms with Gasteiger partial charge in [0.25, 0.3) is 0 Å². The van der Waals surface area contributed by atoms with E-state index in [1.165, 1.54) is 0 Å². The number of nitrogens with zero attached hydrogens (tertiary/aromatic N) is 2. The van der Waals surface area contributed by atoms with Crippen molar-refractivity contribution in [3.05, 3.63) is 47.2 Å². The molecule has 8 nitrogen and oxygen atoms in total. The van der Waals surface area contributed by atoms with Gasteiger partial charge in [0.15, 0.2) is 0 Å². The van der Waals surface area contributed by atoms with Gasteiger partial charge in [0.05, 0.1) is 18.2 Å². The minimum Gasteiger partial charge on any atom is -0.462 e. The molecule has 8 heteroatoms. The van der Waals surface area contributed by atoms with E-state index in [-0.39, 0.29) is 36.3 Å². The first kappa shape index (κ1) is 18.6.